The standard InChI is InChI=1S/C36H62O15/c1-10-16(2)11-18(4)32(50-35-30(44)28(42)26(40)23(14-37)48-35)20(6)13-21(7)33(19(5)12-17(3)25(39)22(8)34(46)47-9)51-36-31(45)29(43)27(41)24(15-38)49-36/h11-13,16,19-20,22-33,35-45H,10,14-15H2,1-9H3/b17-12+,18-11+,21-13+/t16?,19?,20?,22?,23-,24-,25?,26-,27-,28+,29+,30+,31+,32?,33?,35+,36+/m1/s1. The number of aliphatic hydroxyl groups is 9. The number of ether oxygens (including phenoxy) is 5. The SMILES string of the molecule is CCC(C)/C=C(\C)C(O[C@@H]1O[C@H](CO)[C@@H](O)[C@H](O)[C@@H]1O)C(C)/C=C(\C)C(O[C@@H]1O[C@H](CO)[C@@H](O)[C@H](O)[C@@H]1O)C(C)/C=C(\C)C(O)C(C)C(=O)OC. The average Bonchev–Trinajstić information content (AvgIpc) is 3.10. The van der Waals surface area contributed by atoms with E-state index in [2.05, 4.69) is 0 Å². The van der Waals surface area contributed by atoms with Gasteiger partial charge in [-0.05, 0) is 50.3 Å². The Kier molecular flexibility index (Phi) is 18.3. The summed E-state index contributed by atoms with van der Waals surface area (Å²) in [7, 11) is 1.22. The molecule has 0 bridgehead atoms. The molecule has 2 aliphatic heterocycles. The molecule has 0 saturated carbocycles. The van der Waals surface area contributed by atoms with Crippen LogP contribution in [0.4, 0.5) is 0 Å². The number of carbonyl (C=O) groups excluding carboxylic acids is 1. The third-order valence-corrected chi connectivity index (χ3v) is 9.87. The molecule has 2 saturated heterocycles. The van der Waals surface area contributed by atoms with Crippen molar-refractivity contribution in [3.05, 3.63) is 34.9 Å². The molecule has 7 unspecified atom stereocenters. The lowest BCUT2D eigenvalue weighted by Crippen LogP contribution is -2.60. The van der Waals surface area contributed by atoms with Crippen LogP contribution in [0.1, 0.15) is 61.8 Å². The molecule has 0 aromatic heterocycles. The van der Waals surface area contributed by atoms with Gasteiger partial charge >= 0.3 is 5.97 Å². The average molecular weight is 735 g/mol. The Balaban J connectivity index is 2.58. The van der Waals surface area contributed by atoms with Gasteiger partial charge in [0.25, 0.3) is 0 Å². The number of hydrogen-bond donors (Lipinski definition) is 9. The van der Waals surface area contributed by atoms with Crippen LogP contribution in [-0.4, -0.2) is 152 Å². The Morgan fingerprint density at radius 2 is 1.06 bits per heavy atom. The van der Waals surface area contributed by atoms with Crippen molar-refractivity contribution in [3.63, 3.8) is 0 Å². The summed E-state index contributed by atoms with van der Waals surface area (Å²) in [6.07, 6.45) is -11.7. The maximum Gasteiger partial charge on any atom is 0.311 e. The van der Waals surface area contributed by atoms with Crippen LogP contribution in [0.5, 0.6) is 0 Å². The highest BCUT2D eigenvalue weighted by Crippen LogP contribution is 2.32. The van der Waals surface area contributed by atoms with E-state index in [4.69, 9.17) is 23.7 Å². The molecule has 51 heavy (non-hydrogen) atoms. The fraction of sp³-hybridized carbons (Fsp3) is 0.806. The smallest absolute Gasteiger partial charge is 0.311 e. The van der Waals surface area contributed by atoms with Crippen LogP contribution in [0.25, 0.3) is 0 Å². The molecule has 0 aliphatic carbocycles. The topological polar surface area (TPSA) is 245 Å². The van der Waals surface area contributed by atoms with E-state index in [0.29, 0.717) is 11.1 Å². The zero-order valence-electron chi connectivity index (χ0n) is 31.1. The van der Waals surface area contributed by atoms with Gasteiger partial charge in [0, 0.05) is 11.8 Å². The highest BCUT2D eigenvalue weighted by atomic mass is 16.7. The third-order valence-electron chi connectivity index (χ3n) is 9.87. The second-order valence-electron chi connectivity index (χ2n) is 14.1. The monoisotopic (exact) mass is 734 g/mol. The summed E-state index contributed by atoms with van der Waals surface area (Å²) in [4.78, 5) is 12.1. The minimum Gasteiger partial charge on any atom is -0.469 e. The zero-order valence-corrected chi connectivity index (χ0v) is 31.1. The molecule has 0 radical (unpaired) electrons. The molecule has 296 valence electrons. The molecule has 0 aromatic rings. The molecule has 0 amide bonds. The predicted molar refractivity (Wildman–Crippen MR) is 184 cm³/mol. The molecular formula is C36H62O15. The molecule has 15 nitrogen and oxygen atoms in total. The van der Waals surface area contributed by atoms with Crippen molar-refractivity contribution in [3.8, 4) is 0 Å². The first-order valence-electron chi connectivity index (χ1n) is 17.6. The van der Waals surface area contributed by atoms with Gasteiger partial charge in [-0.1, -0.05) is 52.3 Å². The van der Waals surface area contributed by atoms with Crippen molar-refractivity contribution < 1.29 is 74.4 Å². The summed E-state index contributed by atoms with van der Waals surface area (Å²) in [5.74, 6) is -2.38. The zero-order chi connectivity index (χ0) is 38.9. The second-order valence-corrected chi connectivity index (χ2v) is 14.1. The predicted octanol–water partition coefficient (Wildman–Crippen LogP) is -0.316. The van der Waals surface area contributed by atoms with Gasteiger partial charge in [0.15, 0.2) is 12.6 Å². The second kappa shape index (κ2) is 20.6. The third kappa shape index (κ3) is 11.6. The van der Waals surface area contributed by atoms with E-state index >= 15 is 0 Å². The Bertz CT molecular complexity index is 1170. The molecular weight excluding hydrogens is 672 g/mol. The van der Waals surface area contributed by atoms with E-state index in [1.165, 1.54) is 14.0 Å². The molecule has 2 heterocycles. The number of methoxy groups -OCH3 is 1. The lowest BCUT2D eigenvalue weighted by molar-refractivity contribution is -0.311. The lowest BCUT2D eigenvalue weighted by Gasteiger charge is -2.42. The molecule has 2 fully saturated rings. The Morgan fingerprint density at radius 3 is 1.43 bits per heavy atom. The van der Waals surface area contributed by atoms with E-state index < -0.39 is 117 Å². The Hall–Kier alpha value is -1.83. The molecule has 2 rings (SSSR count). The lowest BCUT2D eigenvalue weighted by atomic mass is 9.88. The number of rotatable bonds is 17. The highest BCUT2D eigenvalue weighted by molar-refractivity contribution is 5.73. The fourth-order valence-electron chi connectivity index (χ4n) is 6.51. The number of allylic oxidation sites excluding steroid dienone is 1. The van der Waals surface area contributed by atoms with Crippen molar-refractivity contribution in [1.82, 2.24) is 0 Å². The first-order chi connectivity index (χ1) is 23.8. The van der Waals surface area contributed by atoms with Gasteiger partial charge in [-0.3, -0.25) is 4.79 Å². The summed E-state index contributed by atoms with van der Waals surface area (Å²) >= 11 is 0. The van der Waals surface area contributed by atoms with E-state index in [9.17, 15) is 50.8 Å². The van der Waals surface area contributed by atoms with Gasteiger partial charge < -0.3 is 69.6 Å². The van der Waals surface area contributed by atoms with Gasteiger partial charge in [-0.15, -0.1) is 0 Å². The number of aliphatic hydroxyl groups excluding tert-OH is 9. The van der Waals surface area contributed by atoms with Gasteiger partial charge in [0.05, 0.1) is 44.6 Å². The quantitative estimate of drug-likeness (QED) is 0.0687. The summed E-state index contributed by atoms with van der Waals surface area (Å²) in [6.45, 7) is 13.1. The van der Waals surface area contributed by atoms with Crippen molar-refractivity contribution in [2.24, 2.45) is 23.7 Å². The van der Waals surface area contributed by atoms with Crippen molar-refractivity contribution >= 4 is 5.97 Å². The van der Waals surface area contributed by atoms with Crippen molar-refractivity contribution in [2.45, 2.75) is 142 Å². The minimum absolute atomic E-state index is 0.150. The van der Waals surface area contributed by atoms with E-state index in [1.807, 2.05) is 39.8 Å². The highest BCUT2D eigenvalue weighted by Gasteiger charge is 2.47. The first-order valence-corrected chi connectivity index (χ1v) is 17.6. The van der Waals surface area contributed by atoms with Crippen LogP contribution in [-0.2, 0) is 28.5 Å². The Morgan fingerprint density at radius 1 is 0.667 bits per heavy atom. The molecule has 0 aromatic carbocycles. The maximum atomic E-state index is 12.1. The van der Waals surface area contributed by atoms with E-state index in [-0.39, 0.29) is 5.92 Å². The van der Waals surface area contributed by atoms with Crippen LogP contribution >= 0.6 is 0 Å². The van der Waals surface area contributed by atoms with Crippen LogP contribution in [0.3, 0.4) is 0 Å². The minimum atomic E-state index is -1.69. The Labute approximate surface area is 300 Å². The van der Waals surface area contributed by atoms with E-state index in [0.717, 1.165) is 12.0 Å². The molecule has 15 heteroatoms. The van der Waals surface area contributed by atoms with Crippen molar-refractivity contribution in [2.75, 3.05) is 20.3 Å². The number of carbonyl (C=O) groups is 1. The van der Waals surface area contributed by atoms with Gasteiger partial charge in [0.1, 0.15) is 48.8 Å². The largest absolute Gasteiger partial charge is 0.469 e. The van der Waals surface area contributed by atoms with Crippen LogP contribution in [0.15, 0.2) is 34.9 Å². The molecule has 2 aliphatic rings. The number of esters is 1. The number of hydrogen-bond acceptors (Lipinski definition) is 15. The van der Waals surface area contributed by atoms with Crippen LogP contribution in [0.2, 0.25) is 0 Å². The molecule has 0 spiro atoms. The fourth-order valence-corrected chi connectivity index (χ4v) is 6.51. The normalized spacial score (nSPS) is 35.4. The summed E-state index contributed by atoms with van der Waals surface area (Å²) in [5.41, 5.74) is 1.78. The summed E-state index contributed by atoms with van der Waals surface area (Å²) in [5, 5.41) is 93.4. The van der Waals surface area contributed by atoms with Gasteiger partial charge in [0.2, 0.25) is 0 Å². The summed E-state index contributed by atoms with van der Waals surface area (Å²) < 4.78 is 28.7. The van der Waals surface area contributed by atoms with Gasteiger partial charge in [-0.2, -0.15) is 0 Å². The van der Waals surface area contributed by atoms with Gasteiger partial charge in [-0.25, -0.2) is 0 Å². The molecule has 17 atom stereocenters. The summed E-state index contributed by atoms with van der Waals surface area (Å²) in [6, 6.07) is 0. The first kappa shape index (κ1) is 45.3. The van der Waals surface area contributed by atoms with Crippen LogP contribution < -0.4 is 0 Å². The molecule has 9 N–H and O–H groups in total. The van der Waals surface area contributed by atoms with Crippen molar-refractivity contribution in [1.29, 1.82) is 0 Å². The van der Waals surface area contributed by atoms with Crippen LogP contribution in [0, 0.1) is 23.7 Å². The maximum absolute atomic E-state index is 12.1. The van der Waals surface area contributed by atoms with E-state index in [1.54, 1.807) is 26.8 Å².